The number of nitrogens with one attached hydrogen (secondary N) is 1. The highest BCUT2D eigenvalue weighted by molar-refractivity contribution is 6.06. The number of carbonyl (C=O) groups excluding carboxylic acids is 1. The quantitative estimate of drug-likeness (QED) is 0.330. The molecule has 1 aliphatic carbocycles. The van der Waals surface area contributed by atoms with Gasteiger partial charge >= 0.3 is 0 Å². The highest BCUT2D eigenvalue weighted by atomic mass is 16.4. The summed E-state index contributed by atoms with van der Waals surface area (Å²) in [5, 5.41) is 14.9. The van der Waals surface area contributed by atoms with Crippen LogP contribution in [0.1, 0.15) is 37.9 Å². The first kappa shape index (κ1) is 14.4. The molecule has 4 N–H and O–H groups in total. The fourth-order valence-corrected chi connectivity index (χ4v) is 2.77. The Balaban J connectivity index is 1.96. The van der Waals surface area contributed by atoms with E-state index >= 15 is 0 Å². The summed E-state index contributed by atoms with van der Waals surface area (Å²) >= 11 is 0. The van der Waals surface area contributed by atoms with Crippen LogP contribution in [-0.4, -0.2) is 23.5 Å². The second-order valence-corrected chi connectivity index (χ2v) is 5.21. The summed E-state index contributed by atoms with van der Waals surface area (Å²) in [7, 11) is 0. The monoisotopic (exact) mass is 279 g/mol. The van der Waals surface area contributed by atoms with Crippen LogP contribution in [0.4, 0.5) is 0 Å². The zero-order valence-electron chi connectivity index (χ0n) is 11.5. The van der Waals surface area contributed by atoms with Crippen LogP contribution in [0, 0.1) is 5.41 Å². The molecule has 0 unspecified atom stereocenters. The molecule has 1 heterocycles. The maximum Gasteiger partial charge on any atom is 0.233 e. The van der Waals surface area contributed by atoms with E-state index in [0.29, 0.717) is 25.8 Å². The van der Waals surface area contributed by atoms with Crippen LogP contribution in [0.5, 0.6) is 0 Å². The van der Waals surface area contributed by atoms with E-state index in [9.17, 15) is 4.79 Å². The van der Waals surface area contributed by atoms with Crippen molar-refractivity contribution in [3.05, 3.63) is 24.2 Å². The molecule has 6 heteroatoms. The van der Waals surface area contributed by atoms with E-state index in [1.54, 1.807) is 6.26 Å². The van der Waals surface area contributed by atoms with Crippen molar-refractivity contribution in [1.29, 1.82) is 0 Å². The zero-order valence-corrected chi connectivity index (χ0v) is 11.5. The van der Waals surface area contributed by atoms with E-state index in [-0.39, 0.29) is 11.7 Å². The molecular formula is C14H21N3O3. The van der Waals surface area contributed by atoms with E-state index in [1.165, 1.54) is 0 Å². The number of nitrogens with two attached hydrogens (primary N) is 1. The molecule has 0 radical (unpaired) electrons. The van der Waals surface area contributed by atoms with Crippen molar-refractivity contribution in [3.8, 4) is 0 Å². The molecule has 0 spiro atoms. The Hall–Kier alpha value is -1.98. The third-order valence-electron chi connectivity index (χ3n) is 3.98. The second-order valence-electron chi connectivity index (χ2n) is 5.21. The first-order valence-corrected chi connectivity index (χ1v) is 6.98. The summed E-state index contributed by atoms with van der Waals surface area (Å²) in [6.07, 6.45) is 6.43. The first-order valence-electron chi connectivity index (χ1n) is 6.98. The van der Waals surface area contributed by atoms with Crippen LogP contribution in [0.25, 0.3) is 0 Å². The van der Waals surface area contributed by atoms with Gasteiger partial charge in [-0.3, -0.25) is 4.79 Å². The van der Waals surface area contributed by atoms with Gasteiger partial charge < -0.3 is 20.7 Å². The third kappa shape index (κ3) is 2.95. The fraction of sp³-hybridized carbons (Fsp3) is 0.571. The molecule has 1 amide bonds. The number of oxime groups is 1. The molecule has 1 aromatic rings. The number of hydrogen-bond donors (Lipinski definition) is 3. The van der Waals surface area contributed by atoms with Gasteiger partial charge in [0.15, 0.2) is 5.84 Å². The molecule has 6 nitrogen and oxygen atoms in total. The van der Waals surface area contributed by atoms with Crippen molar-refractivity contribution >= 4 is 11.7 Å². The Morgan fingerprint density at radius 1 is 1.45 bits per heavy atom. The summed E-state index contributed by atoms with van der Waals surface area (Å²) in [4.78, 5) is 12.4. The summed E-state index contributed by atoms with van der Waals surface area (Å²) in [6.45, 7) is 0.479. The van der Waals surface area contributed by atoms with Gasteiger partial charge in [-0.15, -0.1) is 0 Å². The summed E-state index contributed by atoms with van der Waals surface area (Å²) in [6, 6.07) is 3.68. The van der Waals surface area contributed by atoms with Crippen LogP contribution >= 0.6 is 0 Å². The van der Waals surface area contributed by atoms with Crippen molar-refractivity contribution in [2.24, 2.45) is 16.3 Å². The van der Waals surface area contributed by atoms with Gasteiger partial charge in [-0.25, -0.2) is 0 Å². The molecule has 0 atom stereocenters. The van der Waals surface area contributed by atoms with Crippen LogP contribution < -0.4 is 11.1 Å². The number of amides is 1. The lowest BCUT2D eigenvalue weighted by atomic mass is 9.72. The maximum atomic E-state index is 12.4. The molecule has 0 saturated heterocycles. The Morgan fingerprint density at radius 3 is 2.80 bits per heavy atom. The van der Waals surface area contributed by atoms with Gasteiger partial charge in [0, 0.05) is 13.0 Å². The number of amidine groups is 1. The van der Waals surface area contributed by atoms with E-state index in [0.717, 1.165) is 25.0 Å². The predicted molar refractivity (Wildman–Crippen MR) is 74.3 cm³/mol. The van der Waals surface area contributed by atoms with Gasteiger partial charge in [0.2, 0.25) is 5.91 Å². The first-order chi connectivity index (χ1) is 9.69. The minimum Gasteiger partial charge on any atom is -0.469 e. The van der Waals surface area contributed by atoms with Gasteiger partial charge in [-0.2, -0.15) is 0 Å². The molecular weight excluding hydrogens is 258 g/mol. The summed E-state index contributed by atoms with van der Waals surface area (Å²) in [5.41, 5.74) is 4.92. The average Bonchev–Trinajstić information content (AvgIpc) is 3.00. The van der Waals surface area contributed by atoms with E-state index < -0.39 is 5.41 Å². The summed E-state index contributed by atoms with van der Waals surface area (Å²) < 4.78 is 5.21. The highest BCUT2D eigenvalue weighted by Crippen LogP contribution is 2.36. The number of nitrogens with zero attached hydrogens (tertiary/aromatic N) is 1. The van der Waals surface area contributed by atoms with Crippen molar-refractivity contribution in [3.63, 3.8) is 0 Å². The SMILES string of the molecule is NC(=NO)C1(C(=O)NCCc2ccco2)CCCCC1. The van der Waals surface area contributed by atoms with Crippen LogP contribution in [0.3, 0.4) is 0 Å². The molecule has 0 aromatic carbocycles. The van der Waals surface area contributed by atoms with Crippen LogP contribution in [-0.2, 0) is 11.2 Å². The second kappa shape index (κ2) is 6.45. The number of carbonyl (C=O) groups is 1. The number of furan rings is 1. The van der Waals surface area contributed by atoms with Crippen LogP contribution in [0.15, 0.2) is 28.0 Å². The molecule has 20 heavy (non-hydrogen) atoms. The molecule has 1 fully saturated rings. The lowest BCUT2D eigenvalue weighted by Gasteiger charge is -2.34. The fourth-order valence-electron chi connectivity index (χ4n) is 2.77. The van der Waals surface area contributed by atoms with Crippen molar-refractivity contribution in [2.45, 2.75) is 38.5 Å². The van der Waals surface area contributed by atoms with Gasteiger partial charge in [0.05, 0.1) is 6.26 Å². The molecule has 0 bridgehead atoms. The Morgan fingerprint density at radius 2 is 2.20 bits per heavy atom. The standard InChI is InChI=1S/C14H21N3O3/c15-12(17-19)14(7-2-1-3-8-14)13(18)16-9-6-11-5-4-10-20-11/h4-5,10,19H,1-3,6-9H2,(H2,15,17)(H,16,18). The van der Waals surface area contributed by atoms with Gasteiger partial charge in [0.1, 0.15) is 11.2 Å². The Bertz CT molecular complexity index is 462. The smallest absolute Gasteiger partial charge is 0.233 e. The number of rotatable bonds is 5. The average molecular weight is 279 g/mol. The molecule has 1 aliphatic rings. The van der Waals surface area contributed by atoms with Crippen molar-refractivity contribution in [1.82, 2.24) is 5.32 Å². The molecule has 1 saturated carbocycles. The Kier molecular flexibility index (Phi) is 4.65. The van der Waals surface area contributed by atoms with E-state index in [1.807, 2.05) is 12.1 Å². The number of hydrogen-bond acceptors (Lipinski definition) is 4. The molecule has 1 aromatic heterocycles. The van der Waals surface area contributed by atoms with Crippen molar-refractivity contribution < 1.29 is 14.4 Å². The summed E-state index contributed by atoms with van der Waals surface area (Å²) in [5.74, 6) is 0.693. The predicted octanol–water partition coefficient (Wildman–Crippen LogP) is 1.64. The minimum atomic E-state index is -0.851. The molecule has 2 rings (SSSR count). The van der Waals surface area contributed by atoms with E-state index in [2.05, 4.69) is 10.5 Å². The van der Waals surface area contributed by atoms with E-state index in [4.69, 9.17) is 15.4 Å². The third-order valence-corrected chi connectivity index (χ3v) is 3.98. The van der Waals surface area contributed by atoms with Crippen LogP contribution in [0.2, 0.25) is 0 Å². The Labute approximate surface area is 118 Å². The minimum absolute atomic E-state index is 0.0210. The van der Waals surface area contributed by atoms with Gasteiger partial charge in [-0.05, 0) is 25.0 Å². The topological polar surface area (TPSA) is 101 Å². The lowest BCUT2D eigenvalue weighted by molar-refractivity contribution is -0.129. The normalized spacial score (nSPS) is 18.7. The van der Waals surface area contributed by atoms with Gasteiger partial charge in [0.25, 0.3) is 0 Å². The molecule has 110 valence electrons. The van der Waals surface area contributed by atoms with Gasteiger partial charge in [-0.1, -0.05) is 24.4 Å². The maximum absolute atomic E-state index is 12.4. The highest BCUT2D eigenvalue weighted by Gasteiger charge is 2.43. The largest absolute Gasteiger partial charge is 0.469 e. The lowest BCUT2D eigenvalue weighted by Crippen LogP contribution is -2.51. The molecule has 0 aliphatic heterocycles. The zero-order chi connectivity index (χ0) is 14.4. The van der Waals surface area contributed by atoms with Crippen molar-refractivity contribution in [2.75, 3.05) is 6.54 Å².